The predicted octanol–water partition coefficient (Wildman–Crippen LogP) is 31.2. The molecule has 0 saturated carbocycles. The minimum Gasteiger partial charge on any atom is -0.384 e. The second-order valence-corrected chi connectivity index (χ2v) is 46.0. The van der Waals surface area contributed by atoms with Gasteiger partial charge in [0, 0.05) is 155 Å². The molecule has 7 heterocycles. The molecule has 0 saturated heterocycles. The molecule has 0 unspecified atom stereocenters. The van der Waals surface area contributed by atoms with E-state index < -0.39 is 48.7 Å². The van der Waals surface area contributed by atoms with Gasteiger partial charge in [0.05, 0.1) is 62.0 Å². The maximum absolute atomic E-state index is 12.4. The Labute approximate surface area is 839 Å². The van der Waals surface area contributed by atoms with Gasteiger partial charge in [-0.15, -0.1) is 6.58 Å². The lowest BCUT2D eigenvalue weighted by Gasteiger charge is -2.24. The number of carbonyl (C=O) groups is 1. The van der Waals surface area contributed by atoms with Crippen LogP contribution in [0.1, 0.15) is 161 Å². The predicted molar refractivity (Wildman–Crippen MR) is 564 cm³/mol. The smallest absolute Gasteiger partial charge is 0.150 e. The first kappa shape index (κ1) is 111. The molecule has 6 atom stereocenters. The Morgan fingerprint density at radius 1 is 0.383 bits per heavy atom. The van der Waals surface area contributed by atoms with E-state index in [1.807, 2.05) is 169 Å². The first-order valence-electron chi connectivity index (χ1n) is 38.6. The van der Waals surface area contributed by atoms with Crippen LogP contribution in [-0.4, -0.2) is 83.2 Å². The fourth-order valence-corrected chi connectivity index (χ4v) is 16.6. The van der Waals surface area contributed by atoms with Gasteiger partial charge in [-0.25, -0.2) is 61.2 Å². The van der Waals surface area contributed by atoms with Crippen LogP contribution < -0.4 is 20.3 Å². The second-order valence-electron chi connectivity index (χ2n) is 31.4. The average Bonchev–Trinajstić information content (AvgIpc) is 0.792. The van der Waals surface area contributed by atoms with Gasteiger partial charge in [0.25, 0.3) is 0 Å². The Morgan fingerprint density at radius 3 is 0.945 bits per heavy atom. The second kappa shape index (κ2) is 51.1. The zero-order valence-electron chi connectivity index (χ0n) is 72.0. The third-order valence-electron chi connectivity index (χ3n) is 17.8. The standard InChI is InChI=1S/2C16H20Cl2N2OS.C14H14Cl2N2OS.C11H7Cl2N.C10H5Cl2NO.C9H4BrCl2N.C9H6BrClN2.C4H11NOS.C3H6/c2*1-5-14(20-22(21)16(2,3)4)10-6-7-13(17)12-9-19-15(18)8-11(10)12;1-14(2,3)20(19)18-7-9-4-5-12(15)11-8-17-13(16)6-10(9)11;1-2-7-3-4-10(12)9-6-14-11(13)5-8(7)9;11-9-2-1-6(5-14)7-3-10(12)13-4-8(7)9;2*10-7-1-2-8(11)6-4-13-9(12)3-5(6)7;1-4(2,3)7(5)6;1-3-2/h2*6-9,14,20H,5H2,1-4H3;4-8H,1-3H3;2-6H,1H2;1-5H;1-4H;1-4H,(H2,12,13);5H2,1-3H3;3H,1H2,2H3/t14-,22+;14-,22-;20-;;;;;7-;/m011....1./s1. The molecule has 36 heteroatoms. The molecule has 0 aliphatic carbocycles. The van der Waals surface area contributed by atoms with E-state index in [2.05, 4.69) is 108 Å². The third-order valence-corrected chi connectivity index (χ3v) is 28.5. The molecule has 0 bridgehead atoms. The van der Waals surface area contributed by atoms with E-state index in [0.717, 1.165) is 126 Å². The van der Waals surface area contributed by atoms with Gasteiger partial charge in [-0.2, -0.15) is 4.40 Å². The molecule has 7 aromatic carbocycles. The van der Waals surface area contributed by atoms with Crippen molar-refractivity contribution in [3.05, 3.63) is 293 Å². The first-order chi connectivity index (χ1) is 59.9. The van der Waals surface area contributed by atoms with Crippen LogP contribution in [-0.2, 0) is 43.9 Å². The minimum absolute atomic E-state index is 0.0432. The molecule has 0 amide bonds. The van der Waals surface area contributed by atoms with Crippen LogP contribution in [0.25, 0.3) is 81.5 Å². The zero-order valence-corrected chi connectivity index (χ0v) is 88.3. The van der Waals surface area contributed by atoms with Crippen molar-refractivity contribution in [1.82, 2.24) is 44.3 Å². The van der Waals surface area contributed by atoms with Crippen LogP contribution in [0.3, 0.4) is 0 Å². The molecule has 17 nitrogen and oxygen atoms in total. The van der Waals surface area contributed by atoms with E-state index >= 15 is 0 Å². The van der Waals surface area contributed by atoms with Gasteiger partial charge in [0.15, 0.2) is 6.29 Å². The van der Waals surface area contributed by atoms with E-state index in [1.54, 1.807) is 110 Å². The Balaban J connectivity index is 0.000000228. The number of nitrogens with one attached hydrogen (secondary N) is 2. The number of pyridine rings is 7. The number of aromatic nitrogens is 7. The highest BCUT2D eigenvalue weighted by Crippen LogP contribution is 2.39. The van der Waals surface area contributed by atoms with Gasteiger partial charge in [-0.05, 0) is 250 Å². The van der Waals surface area contributed by atoms with E-state index in [-0.39, 0.29) is 26.3 Å². The number of halogens is 15. The van der Waals surface area contributed by atoms with Gasteiger partial charge < -0.3 is 5.73 Å². The number of hydrogen-bond donors (Lipinski definition) is 4. The monoisotopic (exact) mass is 2190 g/mol. The normalized spacial score (nSPS) is 12.8. The van der Waals surface area contributed by atoms with Gasteiger partial charge in [-0.1, -0.05) is 240 Å². The summed E-state index contributed by atoms with van der Waals surface area (Å²) in [4.78, 5) is 38.8. The first-order valence-corrected chi connectivity index (χ1v) is 49.8. The lowest BCUT2D eigenvalue weighted by atomic mass is 9.99. The molecule has 7 aromatic heterocycles. The van der Waals surface area contributed by atoms with Crippen LogP contribution in [0.15, 0.2) is 203 Å². The molecule has 0 fully saturated rings. The quantitative estimate of drug-likeness (QED) is 0.0384. The molecule has 14 rings (SSSR count). The minimum atomic E-state index is -1.30. The lowest BCUT2D eigenvalue weighted by Crippen LogP contribution is -2.35. The summed E-state index contributed by atoms with van der Waals surface area (Å²) in [6.07, 6.45) is 19.1. The van der Waals surface area contributed by atoms with Crippen LogP contribution in [0.5, 0.6) is 0 Å². The van der Waals surface area contributed by atoms with Crippen molar-refractivity contribution < 1.29 is 21.6 Å². The molecule has 128 heavy (non-hydrogen) atoms. The Kier molecular flexibility index (Phi) is 44.3. The van der Waals surface area contributed by atoms with Gasteiger partial charge >= 0.3 is 0 Å². The number of nitrogens with two attached hydrogens (primary N) is 2. The number of benzene rings is 7. The van der Waals surface area contributed by atoms with E-state index in [4.69, 9.17) is 162 Å². The fourth-order valence-electron chi connectivity index (χ4n) is 10.9. The summed E-state index contributed by atoms with van der Waals surface area (Å²) in [5, 5.41) is 24.4. The lowest BCUT2D eigenvalue weighted by molar-refractivity contribution is 0.112. The number of carbonyl (C=O) groups excluding carboxylic acids is 1. The largest absolute Gasteiger partial charge is 0.384 e. The fraction of sp³-hybridized carbons (Fsp3) is 0.250. The van der Waals surface area contributed by atoms with E-state index in [0.29, 0.717) is 77.5 Å². The Bertz CT molecular complexity index is 6160. The molecule has 680 valence electrons. The summed E-state index contributed by atoms with van der Waals surface area (Å²) in [5.41, 5.74) is 10.0. The summed E-state index contributed by atoms with van der Waals surface area (Å²) in [6, 6.07) is 38.0. The van der Waals surface area contributed by atoms with Crippen molar-refractivity contribution in [3.8, 4) is 0 Å². The van der Waals surface area contributed by atoms with Crippen LogP contribution in [0.4, 0.5) is 5.82 Å². The highest BCUT2D eigenvalue weighted by Gasteiger charge is 2.27. The molecule has 14 aromatic rings. The maximum Gasteiger partial charge on any atom is 0.150 e. The molecule has 0 spiro atoms. The summed E-state index contributed by atoms with van der Waals surface area (Å²) in [6.45, 7) is 35.9. The highest BCUT2D eigenvalue weighted by molar-refractivity contribution is 9.11. The molecule has 0 radical (unpaired) electrons. The maximum atomic E-state index is 12.4. The SMILES string of the molecule is C=CC.C=Cc1ccc(Cl)c2cnc(Cl)cc12.CC(C)(C)[S@@](=O)N=Cc1ccc(Cl)c2cnc(Cl)cc12.CC(C)(C)[S@](N)=O.CC[C@@H](N[S@](=O)C(C)(C)C)c1ccc(Cl)c2cnc(Cl)cc12.CC[C@H](N[S@](=O)C(C)(C)C)c1ccc(Cl)c2cnc(Cl)cc12.Clc1cc2c(Br)ccc(Cl)c2cn1.Nc1cc2c(Br)ccc(Cl)c2cn1.O=Cc1ccc(Cl)c2cnc(Cl)cc12. The summed E-state index contributed by atoms with van der Waals surface area (Å²) in [7, 11) is -4.79. The van der Waals surface area contributed by atoms with Crippen LogP contribution in [0.2, 0.25) is 66.1 Å². The number of nitrogen functional groups attached to an aromatic ring is 1. The number of nitrogens with zero attached hydrogens (tertiary/aromatic N) is 8. The average molecular weight is 2200 g/mol. The van der Waals surface area contributed by atoms with Crippen molar-refractivity contribution in [2.24, 2.45) is 9.54 Å². The van der Waals surface area contributed by atoms with Crippen molar-refractivity contribution in [2.75, 3.05) is 5.73 Å². The molecule has 0 aliphatic heterocycles. The van der Waals surface area contributed by atoms with Crippen molar-refractivity contribution in [3.63, 3.8) is 0 Å². The van der Waals surface area contributed by atoms with Gasteiger partial charge in [-0.3, -0.25) is 9.93 Å². The zero-order chi connectivity index (χ0) is 95.8. The number of anilines is 1. The summed E-state index contributed by atoms with van der Waals surface area (Å²) < 4.78 is 58.3. The highest BCUT2D eigenvalue weighted by atomic mass is 79.9. The van der Waals surface area contributed by atoms with Crippen molar-refractivity contribution >= 4 is 326 Å². The Hall–Kier alpha value is -5.76. The van der Waals surface area contributed by atoms with Crippen molar-refractivity contribution in [2.45, 2.75) is 148 Å². The number of allylic oxidation sites excluding steroid dienone is 1. The number of rotatable bonds is 12. The van der Waals surface area contributed by atoms with E-state index in [1.165, 1.54) is 0 Å². The van der Waals surface area contributed by atoms with Crippen LogP contribution in [0, 0.1) is 0 Å². The summed E-state index contributed by atoms with van der Waals surface area (Å²) >= 11 is 84.7. The number of aldehydes is 1. The topological polar surface area (TPSA) is 264 Å². The number of fused-ring (bicyclic) bond motifs is 7. The van der Waals surface area contributed by atoms with Crippen LogP contribution >= 0.6 is 183 Å². The molecular weight excluding hydrogens is 2100 g/mol. The molecular formula is C92H93Br2Cl13N12O5S4. The van der Waals surface area contributed by atoms with Crippen molar-refractivity contribution in [1.29, 1.82) is 0 Å². The van der Waals surface area contributed by atoms with Gasteiger partial charge in [0.2, 0.25) is 0 Å². The Morgan fingerprint density at radius 2 is 0.641 bits per heavy atom. The molecule has 0 aliphatic rings. The third kappa shape index (κ3) is 32.5. The summed E-state index contributed by atoms with van der Waals surface area (Å²) in [5.74, 6) is 0.496. The van der Waals surface area contributed by atoms with Gasteiger partial charge in [0.1, 0.15) is 47.7 Å². The van der Waals surface area contributed by atoms with E-state index in [9.17, 15) is 21.6 Å². The molecule has 6 N–H and O–H groups in total. The number of hydrogen-bond acceptors (Lipinski definition) is 13.